The molecule has 4 nitrogen and oxygen atoms in total. The molecule has 0 aliphatic heterocycles. The van der Waals surface area contributed by atoms with E-state index >= 15 is 0 Å². The highest BCUT2D eigenvalue weighted by atomic mass is 36.0. The molecule has 0 aliphatic carbocycles. The second-order valence-electron chi connectivity index (χ2n) is 1.31. The molecule has 0 aromatic heterocycles. The van der Waals surface area contributed by atoms with Gasteiger partial charge in [0.05, 0.1) is 0 Å². The Labute approximate surface area is 70.5 Å². The Kier molecular flexibility index (Phi) is 9.62. The van der Waals surface area contributed by atoms with E-state index in [9.17, 15) is 4.79 Å². The number of hydrogen-bond donors (Lipinski definition) is 2. The summed E-state index contributed by atoms with van der Waals surface area (Å²) in [5.74, 6) is -0.963. The van der Waals surface area contributed by atoms with Crippen LogP contribution in [0.25, 0.3) is 0 Å². The second-order valence-corrected chi connectivity index (χ2v) is 3.84. The maximum atomic E-state index is 9.57. The topological polar surface area (TPSA) is 86.4 Å². The first-order valence-corrected chi connectivity index (χ1v) is 4.90. The highest BCUT2D eigenvalue weighted by molar-refractivity contribution is 8.31. The van der Waals surface area contributed by atoms with Crippen LogP contribution in [0.5, 0.6) is 0 Å². The molecule has 0 spiro atoms. The quantitative estimate of drug-likeness (QED) is 0.613. The van der Waals surface area contributed by atoms with Gasteiger partial charge in [0, 0.05) is 0 Å². The highest BCUT2D eigenvalue weighted by Gasteiger charge is 1.99. The van der Waals surface area contributed by atoms with E-state index in [0.717, 1.165) is 0 Å². The number of rotatable bonds is 1. The van der Waals surface area contributed by atoms with Crippen LogP contribution in [0.4, 0.5) is 0 Å². The minimum absolute atomic E-state index is 0.731. The summed E-state index contributed by atoms with van der Waals surface area (Å²) in [5, 5.41) is 7.87. The molecule has 3 N–H and O–H groups in total. The SMILES string of the molecule is C[C@H](N)C(=O)O.[O-][S+](Cl)Cl. The number of aliphatic carboxylic acids is 1. The summed E-state index contributed by atoms with van der Waals surface area (Å²) in [6.45, 7) is 1.42. The Bertz CT molecular complexity index is 97.0. The van der Waals surface area contributed by atoms with Crippen LogP contribution in [-0.2, 0) is 14.4 Å². The van der Waals surface area contributed by atoms with E-state index in [0.29, 0.717) is 0 Å². The van der Waals surface area contributed by atoms with Crippen LogP contribution in [0.15, 0.2) is 0 Å². The van der Waals surface area contributed by atoms with E-state index in [1.54, 1.807) is 0 Å². The number of nitrogens with two attached hydrogens (primary N) is 1. The fourth-order valence-electron chi connectivity index (χ4n) is 0. The molecule has 0 amide bonds. The van der Waals surface area contributed by atoms with Crippen LogP contribution in [0.2, 0.25) is 0 Å². The molecule has 0 aliphatic rings. The van der Waals surface area contributed by atoms with E-state index in [2.05, 4.69) is 21.4 Å². The van der Waals surface area contributed by atoms with Crippen molar-refractivity contribution in [1.82, 2.24) is 0 Å². The standard InChI is InChI=1S/C3H7NO2.Cl2OS/c1-2(4)3(5)6;1-4(2)3/h2H,4H2,1H3,(H,5,6);/t2-;/m0./s1. The molecule has 0 saturated heterocycles. The molecule has 7 heteroatoms. The van der Waals surface area contributed by atoms with Crippen molar-refractivity contribution in [3.8, 4) is 0 Å². The summed E-state index contributed by atoms with van der Waals surface area (Å²) < 4.78 is 9.09. The number of carbonyl (C=O) groups is 1. The van der Waals surface area contributed by atoms with Crippen molar-refractivity contribution in [2.45, 2.75) is 13.0 Å². The predicted octanol–water partition coefficient (Wildman–Crippen LogP) is 0.461. The van der Waals surface area contributed by atoms with Gasteiger partial charge in [-0.3, -0.25) is 4.79 Å². The van der Waals surface area contributed by atoms with Crippen molar-refractivity contribution in [3.05, 3.63) is 0 Å². The van der Waals surface area contributed by atoms with Crippen molar-refractivity contribution in [2.24, 2.45) is 5.73 Å². The van der Waals surface area contributed by atoms with Crippen LogP contribution >= 0.6 is 21.4 Å². The maximum absolute atomic E-state index is 9.57. The van der Waals surface area contributed by atoms with Crippen LogP contribution < -0.4 is 5.73 Å². The van der Waals surface area contributed by atoms with Gasteiger partial charge in [-0.05, 0) is 6.92 Å². The van der Waals surface area contributed by atoms with Crippen LogP contribution in [-0.4, -0.2) is 21.7 Å². The largest absolute Gasteiger partial charge is 0.582 e. The van der Waals surface area contributed by atoms with Gasteiger partial charge in [-0.2, -0.15) is 0 Å². The lowest BCUT2D eigenvalue weighted by molar-refractivity contribution is -0.138. The summed E-state index contributed by atoms with van der Waals surface area (Å²) in [6.07, 6.45) is 0. The molecule has 0 heterocycles. The van der Waals surface area contributed by atoms with Crippen molar-refractivity contribution < 1.29 is 14.5 Å². The lowest BCUT2D eigenvalue weighted by atomic mass is 10.4. The molecule has 10 heavy (non-hydrogen) atoms. The highest BCUT2D eigenvalue weighted by Crippen LogP contribution is 1.98. The zero-order chi connectivity index (χ0) is 8.73. The number of hydrogen-bond acceptors (Lipinski definition) is 3. The summed E-state index contributed by atoms with van der Waals surface area (Å²) in [5.41, 5.74) is 4.84. The number of halogens is 2. The molecular weight excluding hydrogens is 201 g/mol. The smallest absolute Gasteiger partial charge is 0.320 e. The Morgan fingerprint density at radius 1 is 1.80 bits per heavy atom. The van der Waals surface area contributed by atoms with Gasteiger partial charge in [-0.15, -0.1) is 0 Å². The molecule has 0 fully saturated rings. The van der Waals surface area contributed by atoms with Gasteiger partial charge < -0.3 is 15.4 Å². The first-order chi connectivity index (χ1) is 4.37. The number of carboxylic acid groups (broad SMARTS) is 1. The van der Waals surface area contributed by atoms with Crippen molar-refractivity contribution in [1.29, 1.82) is 0 Å². The summed E-state index contributed by atoms with van der Waals surface area (Å²) in [6, 6.07) is -0.731. The molecule has 0 aromatic rings. The van der Waals surface area contributed by atoms with E-state index in [-0.39, 0.29) is 0 Å². The average molecular weight is 208 g/mol. The fourth-order valence-corrected chi connectivity index (χ4v) is 0. The first-order valence-electron chi connectivity index (χ1n) is 2.10. The van der Waals surface area contributed by atoms with Gasteiger partial charge in [0.1, 0.15) is 6.04 Å². The Balaban J connectivity index is 0. The number of carboxylic acids is 1. The zero-order valence-electron chi connectivity index (χ0n) is 5.08. The minimum Gasteiger partial charge on any atom is -0.582 e. The van der Waals surface area contributed by atoms with Crippen LogP contribution in [0.3, 0.4) is 0 Å². The van der Waals surface area contributed by atoms with Crippen LogP contribution in [0.1, 0.15) is 6.92 Å². The van der Waals surface area contributed by atoms with Gasteiger partial charge in [0.2, 0.25) is 0 Å². The van der Waals surface area contributed by atoms with E-state index in [4.69, 9.17) is 15.4 Å². The zero-order valence-corrected chi connectivity index (χ0v) is 7.41. The second kappa shape index (κ2) is 7.43. The molecular formula is C3H7Cl2NO3S. The average Bonchev–Trinajstić information content (AvgIpc) is 1.63. The molecule has 0 bridgehead atoms. The third kappa shape index (κ3) is 23.9. The predicted molar refractivity (Wildman–Crippen MR) is 41.1 cm³/mol. The van der Waals surface area contributed by atoms with E-state index in [1.165, 1.54) is 6.92 Å². The molecule has 0 aromatic carbocycles. The normalized spacial score (nSPS) is 11.8. The van der Waals surface area contributed by atoms with Crippen molar-refractivity contribution in [2.75, 3.05) is 0 Å². The molecule has 0 unspecified atom stereocenters. The van der Waals surface area contributed by atoms with E-state index in [1.807, 2.05) is 0 Å². The minimum atomic E-state index is -1.67. The lowest BCUT2D eigenvalue weighted by Crippen LogP contribution is -2.25. The van der Waals surface area contributed by atoms with Crippen molar-refractivity contribution >= 4 is 36.9 Å². The fraction of sp³-hybridized carbons (Fsp3) is 0.667. The summed E-state index contributed by atoms with van der Waals surface area (Å²) in [7, 11) is 7.36. The maximum Gasteiger partial charge on any atom is 0.320 e. The molecule has 0 saturated carbocycles. The third-order valence-corrected chi connectivity index (χ3v) is 0.390. The van der Waals surface area contributed by atoms with Gasteiger partial charge in [-0.25, -0.2) is 0 Å². The third-order valence-electron chi connectivity index (χ3n) is 0.390. The first kappa shape index (κ1) is 12.9. The Morgan fingerprint density at radius 3 is 1.90 bits per heavy atom. The van der Waals surface area contributed by atoms with E-state index < -0.39 is 21.6 Å². The van der Waals surface area contributed by atoms with Gasteiger partial charge in [0.15, 0.2) is 31.0 Å². The molecule has 62 valence electrons. The Hall–Kier alpha value is 0.320. The van der Waals surface area contributed by atoms with Crippen LogP contribution in [0, 0.1) is 0 Å². The Morgan fingerprint density at radius 2 is 1.90 bits per heavy atom. The van der Waals surface area contributed by atoms with Gasteiger partial charge >= 0.3 is 5.97 Å². The van der Waals surface area contributed by atoms with Gasteiger partial charge in [0.25, 0.3) is 0 Å². The lowest BCUT2D eigenvalue weighted by Gasteiger charge is -1.90. The van der Waals surface area contributed by atoms with Crippen molar-refractivity contribution in [3.63, 3.8) is 0 Å². The summed E-state index contributed by atoms with van der Waals surface area (Å²) in [4.78, 5) is 9.57. The monoisotopic (exact) mass is 207 g/mol. The van der Waals surface area contributed by atoms with Gasteiger partial charge in [-0.1, -0.05) is 0 Å². The molecule has 1 atom stereocenters. The summed E-state index contributed by atoms with van der Waals surface area (Å²) >= 11 is 0. The molecule has 0 radical (unpaired) electrons. The molecule has 0 rings (SSSR count).